The van der Waals surface area contributed by atoms with Crippen molar-refractivity contribution in [1.29, 1.82) is 0 Å². The van der Waals surface area contributed by atoms with Gasteiger partial charge in [-0.05, 0) is 37.3 Å². The number of hydrogen-bond donors (Lipinski definition) is 1. The van der Waals surface area contributed by atoms with Gasteiger partial charge < -0.3 is 5.32 Å². The zero-order chi connectivity index (χ0) is 14.5. The van der Waals surface area contributed by atoms with E-state index in [2.05, 4.69) is 12.2 Å². The van der Waals surface area contributed by atoms with E-state index in [1.807, 2.05) is 0 Å². The van der Waals surface area contributed by atoms with E-state index in [1.54, 1.807) is 12.1 Å². The minimum Gasteiger partial charge on any atom is -0.382 e. The van der Waals surface area contributed by atoms with E-state index in [1.165, 1.54) is 31.7 Å². The van der Waals surface area contributed by atoms with Crippen molar-refractivity contribution in [3.8, 4) is 0 Å². The van der Waals surface area contributed by atoms with E-state index in [0.717, 1.165) is 24.4 Å². The van der Waals surface area contributed by atoms with Crippen molar-refractivity contribution in [2.75, 3.05) is 5.32 Å². The van der Waals surface area contributed by atoms with Gasteiger partial charge in [0.25, 0.3) is 5.69 Å². The molecule has 0 spiro atoms. The van der Waals surface area contributed by atoms with Gasteiger partial charge in [0.05, 0.1) is 4.92 Å². The molecule has 20 heavy (non-hydrogen) atoms. The molecule has 1 aromatic carbocycles. The summed E-state index contributed by atoms with van der Waals surface area (Å²) in [5, 5.41) is 14.4. The highest BCUT2D eigenvalue weighted by atomic mass is 35.5. The number of nitrogens with one attached hydrogen (secondary N) is 1. The Bertz CT molecular complexity index is 479. The van der Waals surface area contributed by atoms with Crippen molar-refractivity contribution in [2.24, 2.45) is 5.92 Å². The van der Waals surface area contributed by atoms with Crippen LogP contribution in [0.3, 0.4) is 0 Å². The van der Waals surface area contributed by atoms with E-state index in [-0.39, 0.29) is 10.7 Å². The van der Waals surface area contributed by atoms with Crippen LogP contribution >= 0.6 is 11.6 Å². The number of hydrogen-bond acceptors (Lipinski definition) is 3. The average Bonchev–Trinajstić information content (AvgIpc) is 2.63. The molecule has 110 valence electrons. The molecule has 1 aromatic rings. The Morgan fingerprint density at radius 1 is 1.35 bits per heavy atom. The highest BCUT2D eigenvalue weighted by Gasteiger charge is 2.18. The van der Waals surface area contributed by atoms with Crippen LogP contribution in [0, 0.1) is 16.0 Å². The Morgan fingerprint density at radius 2 is 2.15 bits per heavy atom. The quantitative estimate of drug-likeness (QED) is 0.482. The summed E-state index contributed by atoms with van der Waals surface area (Å²) >= 11 is 5.94. The number of nitrogens with zero attached hydrogens (tertiary/aromatic N) is 1. The number of benzene rings is 1. The molecule has 1 aliphatic rings. The topological polar surface area (TPSA) is 55.2 Å². The Balaban J connectivity index is 1.99. The summed E-state index contributed by atoms with van der Waals surface area (Å²) < 4.78 is 0. The number of nitro groups is 1. The van der Waals surface area contributed by atoms with Crippen molar-refractivity contribution in [1.82, 2.24) is 0 Å². The molecule has 2 unspecified atom stereocenters. The van der Waals surface area contributed by atoms with Crippen LogP contribution in [0.1, 0.15) is 45.4 Å². The predicted octanol–water partition coefficient (Wildman–Crippen LogP) is 5.02. The molecule has 2 atom stereocenters. The van der Waals surface area contributed by atoms with Crippen molar-refractivity contribution in [3.05, 3.63) is 33.3 Å². The second-order valence-corrected chi connectivity index (χ2v) is 5.95. The van der Waals surface area contributed by atoms with Crippen molar-refractivity contribution in [3.63, 3.8) is 0 Å². The smallest absolute Gasteiger partial charge is 0.288 e. The van der Waals surface area contributed by atoms with Crippen LogP contribution in [0.4, 0.5) is 11.4 Å². The molecule has 2 rings (SSSR count). The first kappa shape index (κ1) is 15.1. The van der Waals surface area contributed by atoms with Gasteiger partial charge in [-0.15, -0.1) is 0 Å². The fourth-order valence-electron chi connectivity index (χ4n) is 2.91. The molecule has 0 heterocycles. The van der Waals surface area contributed by atoms with Gasteiger partial charge in [0.1, 0.15) is 5.02 Å². The van der Waals surface area contributed by atoms with Crippen LogP contribution in [0.2, 0.25) is 5.02 Å². The minimum atomic E-state index is -0.455. The highest BCUT2D eigenvalue weighted by molar-refractivity contribution is 6.32. The molecule has 1 aliphatic carbocycles. The van der Waals surface area contributed by atoms with Gasteiger partial charge in [0.15, 0.2) is 0 Å². The number of nitro benzene ring substituents is 1. The first-order valence-corrected chi connectivity index (χ1v) is 7.68. The molecule has 0 bridgehead atoms. The number of halogens is 1. The van der Waals surface area contributed by atoms with Crippen LogP contribution in [0.25, 0.3) is 0 Å². The van der Waals surface area contributed by atoms with Gasteiger partial charge in [-0.25, -0.2) is 0 Å². The third-order valence-electron chi connectivity index (χ3n) is 4.18. The fraction of sp³-hybridized carbons (Fsp3) is 0.600. The van der Waals surface area contributed by atoms with Crippen LogP contribution < -0.4 is 5.32 Å². The molecule has 0 aliphatic heterocycles. The Morgan fingerprint density at radius 3 is 2.80 bits per heavy atom. The maximum absolute atomic E-state index is 10.7. The summed E-state index contributed by atoms with van der Waals surface area (Å²) in [7, 11) is 0. The standard InChI is InChI=1S/C15H21ClN2O2/c1-2-11-4-3-5-12(7-6-11)17-13-8-9-15(18(19)20)14(16)10-13/h8-12,17H,2-7H2,1H3. The second kappa shape index (κ2) is 6.93. The van der Waals surface area contributed by atoms with Crippen molar-refractivity contribution >= 4 is 23.0 Å². The van der Waals surface area contributed by atoms with E-state index < -0.39 is 4.92 Å². The van der Waals surface area contributed by atoms with Crippen LogP contribution in [-0.4, -0.2) is 11.0 Å². The summed E-state index contributed by atoms with van der Waals surface area (Å²) in [6.07, 6.45) is 7.40. The van der Waals surface area contributed by atoms with Crippen LogP contribution in [0.15, 0.2) is 18.2 Å². The van der Waals surface area contributed by atoms with Crippen molar-refractivity contribution < 1.29 is 4.92 Å². The molecule has 1 fully saturated rings. The first-order valence-electron chi connectivity index (χ1n) is 7.30. The van der Waals surface area contributed by atoms with Crippen LogP contribution in [0.5, 0.6) is 0 Å². The van der Waals surface area contributed by atoms with Gasteiger partial charge >= 0.3 is 0 Å². The SMILES string of the molecule is CCC1CCCC(Nc2ccc([N+](=O)[O-])c(Cl)c2)CC1. The molecule has 0 aromatic heterocycles. The maximum Gasteiger partial charge on any atom is 0.288 e. The molecule has 5 heteroatoms. The van der Waals surface area contributed by atoms with Gasteiger partial charge in [0.2, 0.25) is 0 Å². The van der Waals surface area contributed by atoms with Gasteiger partial charge in [-0.2, -0.15) is 0 Å². The summed E-state index contributed by atoms with van der Waals surface area (Å²) in [5.74, 6) is 0.849. The fourth-order valence-corrected chi connectivity index (χ4v) is 3.16. The third-order valence-corrected chi connectivity index (χ3v) is 4.48. The second-order valence-electron chi connectivity index (χ2n) is 5.55. The van der Waals surface area contributed by atoms with E-state index in [4.69, 9.17) is 11.6 Å². The maximum atomic E-state index is 10.7. The lowest BCUT2D eigenvalue weighted by Gasteiger charge is -2.18. The molecular formula is C15H21ClN2O2. The summed E-state index contributed by atoms with van der Waals surface area (Å²) in [4.78, 5) is 10.3. The molecule has 0 radical (unpaired) electrons. The zero-order valence-electron chi connectivity index (χ0n) is 11.8. The number of rotatable bonds is 4. The lowest BCUT2D eigenvalue weighted by Crippen LogP contribution is -2.18. The number of anilines is 1. The van der Waals surface area contributed by atoms with Crippen LogP contribution in [-0.2, 0) is 0 Å². The normalized spacial score (nSPS) is 23.1. The monoisotopic (exact) mass is 296 g/mol. The summed E-state index contributed by atoms with van der Waals surface area (Å²) in [6.45, 7) is 2.26. The summed E-state index contributed by atoms with van der Waals surface area (Å²) in [6, 6.07) is 5.31. The first-order chi connectivity index (χ1) is 9.60. The Labute approximate surface area is 124 Å². The highest BCUT2D eigenvalue weighted by Crippen LogP contribution is 2.30. The summed E-state index contributed by atoms with van der Waals surface area (Å²) in [5.41, 5.74) is 0.838. The molecule has 1 saturated carbocycles. The largest absolute Gasteiger partial charge is 0.382 e. The van der Waals surface area contributed by atoms with Gasteiger partial charge in [-0.1, -0.05) is 37.8 Å². The third kappa shape index (κ3) is 3.85. The van der Waals surface area contributed by atoms with Gasteiger partial charge in [0, 0.05) is 17.8 Å². The molecule has 4 nitrogen and oxygen atoms in total. The van der Waals surface area contributed by atoms with E-state index in [0.29, 0.717) is 6.04 Å². The lowest BCUT2D eigenvalue weighted by molar-refractivity contribution is -0.384. The molecular weight excluding hydrogens is 276 g/mol. The Hall–Kier alpha value is -1.29. The predicted molar refractivity (Wildman–Crippen MR) is 82.4 cm³/mol. The van der Waals surface area contributed by atoms with E-state index >= 15 is 0 Å². The van der Waals surface area contributed by atoms with Gasteiger partial charge in [-0.3, -0.25) is 10.1 Å². The Kier molecular flexibility index (Phi) is 5.24. The zero-order valence-corrected chi connectivity index (χ0v) is 12.5. The molecule has 0 amide bonds. The minimum absolute atomic E-state index is 0.0378. The van der Waals surface area contributed by atoms with E-state index in [9.17, 15) is 10.1 Å². The average molecular weight is 297 g/mol. The lowest BCUT2D eigenvalue weighted by atomic mass is 9.98. The molecule has 0 saturated heterocycles. The molecule has 1 N–H and O–H groups in total. The van der Waals surface area contributed by atoms with Crippen molar-refractivity contribution in [2.45, 2.75) is 51.5 Å².